The Balaban J connectivity index is 1.84. The first-order valence-corrected chi connectivity index (χ1v) is 9.09. The summed E-state index contributed by atoms with van der Waals surface area (Å²) in [7, 11) is 0. The third-order valence-electron chi connectivity index (χ3n) is 4.83. The molecule has 1 saturated heterocycles. The topological polar surface area (TPSA) is 62.5 Å². The molecule has 0 amide bonds. The van der Waals surface area contributed by atoms with Crippen LogP contribution in [0, 0.1) is 13.8 Å². The summed E-state index contributed by atoms with van der Waals surface area (Å²) in [6.07, 6.45) is 7.13. The van der Waals surface area contributed by atoms with Gasteiger partial charge in [-0.1, -0.05) is 6.07 Å². The first-order valence-electron chi connectivity index (χ1n) is 9.09. The van der Waals surface area contributed by atoms with Gasteiger partial charge in [0.2, 0.25) is 0 Å². The highest BCUT2D eigenvalue weighted by Crippen LogP contribution is 2.24. The van der Waals surface area contributed by atoms with E-state index in [0.717, 1.165) is 54.4 Å². The number of hydrogen-bond donors (Lipinski definition) is 1. The minimum Gasteiger partial charge on any atom is -0.356 e. The molecule has 0 aliphatic carbocycles. The quantitative estimate of drug-likeness (QED) is 0.785. The average molecular weight is 349 g/mol. The van der Waals surface area contributed by atoms with Gasteiger partial charge in [-0.2, -0.15) is 0 Å². The largest absolute Gasteiger partial charge is 0.356 e. The summed E-state index contributed by atoms with van der Waals surface area (Å²) < 4.78 is 1.61. The molecule has 4 rings (SSSR count). The van der Waals surface area contributed by atoms with Crippen molar-refractivity contribution in [1.29, 1.82) is 0 Å². The molecule has 0 bridgehead atoms. The van der Waals surface area contributed by atoms with Crippen molar-refractivity contribution >= 4 is 23.0 Å². The van der Waals surface area contributed by atoms with Gasteiger partial charge in [0.25, 0.3) is 5.56 Å². The van der Waals surface area contributed by atoms with Crippen molar-refractivity contribution in [3.63, 3.8) is 0 Å². The molecule has 1 fully saturated rings. The number of hydrogen-bond acceptors (Lipinski definition) is 5. The third kappa shape index (κ3) is 3.14. The van der Waals surface area contributed by atoms with Crippen LogP contribution < -0.4 is 15.8 Å². The maximum absolute atomic E-state index is 12.7. The van der Waals surface area contributed by atoms with Crippen LogP contribution in [0.1, 0.15) is 30.4 Å². The molecule has 0 atom stereocenters. The van der Waals surface area contributed by atoms with Gasteiger partial charge in [-0.05, 0) is 56.4 Å². The molecule has 26 heavy (non-hydrogen) atoms. The molecule has 6 heteroatoms. The Hall–Kier alpha value is -2.89. The predicted octanol–water partition coefficient (Wildman–Crippen LogP) is 3.44. The van der Waals surface area contributed by atoms with Crippen LogP contribution >= 0.6 is 0 Å². The van der Waals surface area contributed by atoms with Crippen LogP contribution in [-0.4, -0.2) is 27.5 Å². The molecule has 1 aliphatic heterocycles. The van der Waals surface area contributed by atoms with Gasteiger partial charge in [0, 0.05) is 31.5 Å². The number of piperidine rings is 1. The van der Waals surface area contributed by atoms with Crippen LogP contribution in [0.4, 0.5) is 17.3 Å². The van der Waals surface area contributed by atoms with Crippen molar-refractivity contribution in [2.75, 3.05) is 23.3 Å². The van der Waals surface area contributed by atoms with Crippen molar-refractivity contribution in [2.45, 2.75) is 33.1 Å². The fourth-order valence-electron chi connectivity index (χ4n) is 3.45. The second-order valence-corrected chi connectivity index (χ2v) is 6.92. The van der Waals surface area contributed by atoms with Gasteiger partial charge < -0.3 is 10.2 Å². The number of pyridine rings is 2. The van der Waals surface area contributed by atoms with Gasteiger partial charge in [0.15, 0.2) is 5.65 Å². The summed E-state index contributed by atoms with van der Waals surface area (Å²) >= 11 is 0. The van der Waals surface area contributed by atoms with E-state index in [2.05, 4.69) is 15.2 Å². The Kier molecular flexibility index (Phi) is 4.32. The number of rotatable bonds is 3. The van der Waals surface area contributed by atoms with E-state index in [4.69, 9.17) is 4.98 Å². The van der Waals surface area contributed by atoms with Crippen LogP contribution in [0.5, 0.6) is 0 Å². The van der Waals surface area contributed by atoms with Crippen LogP contribution in [0.2, 0.25) is 0 Å². The first kappa shape index (κ1) is 16.6. The van der Waals surface area contributed by atoms with Crippen molar-refractivity contribution in [3.8, 4) is 0 Å². The van der Waals surface area contributed by atoms with Crippen LogP contribution in [0.3, 0.4) is 0 Å². The van der Waals surface area contributed by atoms with Gasteiger partial charge in [-0.15, -0.1) is 0 Å². The summed E-state index contributed by atoms with van der Waals surface area (Å²) in [5.74, 6) is 1.54. The second-order valence-electron chi connectivity index (χ2n) is 6.92. The lowest BCUT2D eigenvalue weighted by molar-refractivity contribution is 0.573. The van der Waals surface area contributed by atoms with Gasteiger partial charge in [0.05, 0.1) is 5.69 Å². The zero-order valence-electron chi connectivity index (χ0n) is 15.2. The van der Waals surface area contributed by atoms with E-state index in [-0.39, 0.29) is 5.56 Å². The number of nitrogens with one attached hydrogen (secondary N) is 1. The Morgan fingerprint density at radius 1 is 1.12 bits per heavy atom. The van der Waals surface area contributed by atoms with E-state index in [1.165, 1.54) is 6.42 Å². The van der Waals surface area contributed by atoms with Gasteiger partial charge in [0.1, 0.15) is 11.6 Å². The summed E-state index contributed by atoms with van der Waals surface area (Å²) in [4.78, 5) is 24.2. The molecular formula is C20H23N5O. The molecule has 0 spiro atoms. The molecule has 0 radical (unpaired) electrons. The standard InChI is InChI=1S/C20H23N5O/c1-14-11-16(22-19-15(2)7-6-8-21-19)20-23-17(12-18(26)25(20)13-14)24-9-4-3-5-10-24/h6-8,11-13H,3-5,9-10H2,1-2H3,(H,21,22). The first-order chi connectivity index (χ1) is 12.6. The molecule has 1 N–H and O–H groups in total. The number of fused-ring (bicyclic) bond motifs is 1. The molecule has 134 valence electrons. The molecule has 0 unspecified atom stereocenters. The van der Waals surface area contributed by atoms with Crippen LogP contribution in [0.25, 0.3) is 5.65 Å². The number of aryl methyl sites for hydroxylation is 2. The van der Waals surface area contributed by atoms with E-state index in [1.54, 1.807) is 16.7 Å². The summed E-state index contributed by atoms with van der Waals surface area (Å²) in [5, 5.41) is 3.36. The van der Waals surface area contributed by atoms with E-state index in [0.29, 0.717) is 5.65 Å². The minimum atomic E-state index is -0.0555. The van der Waals surface area contributed by atoms with Gasteiger partial charge >= 0.3 is 0 Å². The maximum Gasteiger partial charge on any atom is 0.260 e. The molecule has 1 aliphatic rings. The molecule has 0 aromatic carbocycles. The summed E-state index contributed by atoms with van der Waals surface area (Å²) in [6, 6.07) is 7.57. The monoisotopic (exact) mass is 349 g/mol. The lowest BCUT2D eigenvalue weighted by Gasteiger charge is -2.27. The highest BCUT2D eigenvalue weighted by atomic mass is 16.1. The SMILES string of the molecule is Cc1cc(Nc2ncccc2C)c2nc(N3CCCCC3)cc(=O)n2c1. The normalized spacial score (nSPS) is 14.6. The van der Waals surface area contributed by atoms with Crippen molar-refractivity contribution < 1.29 is 0 Å². The lowest BCUT2D eigenvalue weighted by atomic mass is 10.1. The molecule has 6 nitrogen and oxygen atoms in total. The molecule has 4 heterocycles. The van der Waals surface area contributed by atoms with E-state index >= 15 is 0 Å². The fourth-order valence-corrected chi connectivity index (χ4v) is 3.45. The number of nitrogens with zero attached hydrogens (tertiary/aromatic N) is 4. The Morgan fingerprint density at radius 3 is 2.69 bits per heavy atom. The molecular weight excluding hydrogens is 326 g/mol. The zero-order chi connectivity index (χ0) is 18.1. The molecule has 3 aromatic rings. The fraction of sp³-hybridized carbons (Fsp3) is 0.350. The highest BCUT2D eigenvalue weighted by molar-refractivity contribution is 5.75. The number of aromatic nitrogens is 3. The Labute approximate surface area is 152 Å². The Bertz CT molecular complexity index is 1000. The van der Waals surface area contributed by atoms with Crippen LogP contribution in [-0.2, 0) is 0 Å². The van der Waals surface area contributed by atoms with E-state index < -0.39 is 0 Å². The van der Waals surface area contributed by atoms with Gasteiger partial charge in [-0.3, -0.25) is 9.20 Å². The third-order valence-corrected chi connectivity index (χ3v) is 4.83. The smallest absolute Gasteiger partial charge is 0.260 e. The minimum absolute atomic E-state index is 0.0555. The van der Waals surface area contributed by atoms with Crippen molar-refractivity contribution in [2.24, 2.45) is 0 Å². The summed E-state index contributed by atoms with van der Waals surface area (Å²) in [5.41, 5.74) is 3.40. The van der Waals surface area contributed by atoms with Gasteiger partial charge in [-0.25, -0.2) is 9.97 Å². The highest BCUT2D eigenvalue weighted by Gasteiger charge is 2.16. The lowest BCUT2D eigenvalue weighted by Crippen LogP contribution is -2.32. The van der Waals surface area contributed by atoms with Crippen molar-refractivity contribution in [1.82, 2.24) is 14.4 Å². The van der Waals surface area contributed by atoms with Crippen LogP contribution in [0.15, 0.2) is 41.5 Å². The van der Waals surface area contributed by atoms with E-state index in [1.807, 2.05) is 38.2 Å². The predicted molar refractivity (Wildman–Crippen MR) is 105 cm³/mol. The summed E-state index contributed by atoms with van der Waals surface area (Å²) in [6.45, 7) is 5.89. The Morgan fingerprint density at radius 2 is 1.92 bits per heavy atom. The maximum atomic E-state index is 12.7. The average Bonchev–Trinajstić information content (AvgIpc) is 2.65. The van der Waals surface area contributed by atoms with E-state index in [9.17, 15) is 4.79 Å². The number of anilines is 3. The second kappa shape index (κ2) is 6.78. The van der Waals surface area contributed by atoms with Crippen molar-refractivity contribution in [3.05, 3.63) is 58.1 Å². The molecule has 0 saturated carbocycles. The molecule has 3 aromatic heterocycles. The zero-order valence-corrected chi connectivity index (χ0v) is 15.2.